The van der Waals surface area contributed by atoms with Gasteiger partial charge in [0.05, 0.1) is 6.20 Å². The third kappa shape index (κ3) is 2.82. The third-order valence-electron chi connectivity index (χ3n) is 4.42. The molecule has 0 saturated carbocycles. The Morgan fingerprint density at radius 2 is 2.21 bits per heavy atom. The molecule has 0 radical (unpaired) electrons. The molecular weight excluding hydrogens is 306 g/mol. The number of rotatable bonds is 4. The minimum absolute atomic E-state index is 0.179. The van der Waals surface area contributed by atoms with Crippen molar-refractivity contribution in [2.45, 2.75) is 25.3 Å². The van der Waals surface area contributed by atoms with Crippen LogP contribution in [-0.4, -0.2) is 43.9 Å². The maximum absolute atomic E-state index is 11.2. The van der Waals surface area contributed by atoms with Gasteiger partial charge in [-0.2, -0.15) is 10.2 Å². The van der Waals surface area contributed by atoms with E-state index < -0.39 is 0 Å². The first kappa shape index (κ1) is 14.7. The summed E-state index contributed by atoms with van der Waals surface area (Å²) in [6.07, 6.45) is 8.74. The van der Waals surface area contributed by atoms with Gasteiger partial charge in [0.15, 0.2) is 5.82 Å². The summed E-state index contributed by atoms with van der Waals surface area (Å²) < 4.78 is 1.80. The first-order valence-corrected chi connectivity index (χ1v) is 8.16. The van der Waals surface area contributed by atoms with Crippen molar-refractivity contribution in [2.24, 2.45) is 0 Å². The molecule has 1 aliphatic rings. The lowest BCUT2D eigenvalue weighted by molar-refractivity contribution is 0.467. The summed E-state index contributed by atoms with van der Waals surface area (Å²) in [4.78, 5) is 17.9. The van der Waals surface area contributed by atoms with Crippen LogP contribution in [0.2, 0.25) is 0 Å². The molecule has 1 atom stereocenters. The van der Waals surface area contributed by atoms with Crippen LogP contribution in [0.15, 0.2) is 41.6 Å². The van der Waals surface area contributed by atoms with Gasteiger partial charge in [-0.1, -0.05) is 0 Å². The van der Waals surface area contributed by atoms with Crippen molar-refractivity contribution < 1.29 is 0 Å². The molecule has 0 bridgehead atoms. The van der Waals surface area contributed by atoms with Crippen LogP contribution < -0.4 is 15.8 Å². The van der Waals surface area contributed by atoms with E-state index in [1.807, 2.05) is 12.3 Å². The van der Waals surface area contributed by atoms with E-state index in [1.54, 1.807) is 23.0 Å². The monoisotopic (exact) mass is 325 g/mol. The first-order chi connectivity index (χ1) is 11.8. The van der Waals surface area contributed by atoms with E-state index in [-0.39, 0.29) is 5.56 Å². The highest BCUT2D eigenvalue weighted by Gasteiger charge is 2.24. The average Bonchev–Trinajstić information content (AvgIpc) is 3.10. The standard InChI is InChI=1S/C16H19N7O/c24-15-5-4-14(20-21-15)22-9-2-1-3-12(22)11-18-16-13-6-7-19-23(13)10-8-17-16/h4-8,10,12H,1-3,9,11H2,(H,17,18)(H,21,24). The highest BCUT2D eigenvalue weighted by Crippen LogP contribution is 2.23. The number of hydrogen-bond acceptors (Lipinski definition) is 6. The van der Waals surface area contributed by atoms with Crippen LogP contribution in [0.4, 0.5) is 11.6 Å². The summed E-state index contributed by atoms with van der Waals surface area (Å²) >= 11 is 0. The first-order valence-electron chi connectivity index (χ1n) is 8.16. The molecule has 124 valence electrons. The summed E-state index contributed by atoms with van der Waals surface area (Å²) in [5, 5.41) is 14.4. The van der Waals surface area contributed by atoms with Crippen molar-refractivity contribution in [1.82, 2.24) is 24.8 Å². The fraction of sp³-hybridized carbons (Fsp3) is 0.375. The van der Waals surface area contributed by atoms with E-state index in [0.29, 0.717) is 6.04 Å². The number of nitrogens with zero attached hydrogens (tertiary/aromatic N) is 5. The second-order valence-corrected chi connectivity index (χ2v) is 5.94. The molecule has 4 heterocycles. The van der Waals surface area contributed by atoms with E-state index in [0.717, 1.165) is 43.1 Å². The fourth-order valence-corrected chi connectivity index (χ4v) is 3.22. The lowest BCUT2D eigenvalue weighted by atomic mass is 10.0. The Morgan fingerprint density at radius 1 is 1.25 bits per heavy atom. The Balaban J connectivity index is 1.52. The van der Waals surface area contributed by atoms with Crippen molar-refractivity contribution in [2.75, 3.05) is 23.3 Å². The Kier molecular flexibility index (Phi) is 3.86. The molecule has 1 fully saturated rings. The van der Waals surface area contributed by atoms with Gasteiger partial charge in [-0.25, -0.2) is 14.6 Å². The van der Waals surface area contributed by atoms with Crippen LogP contribution in [0.3, 0.4) is 0 Å². The van der Waals surface area contributed by atoms with E-state index in [2.05, 4.69) is 30.5 Å². The number of hydrogen-bond donors (Lipinski definition) is 2. The van der Waals surface area contributed by atoms with Gasteiger partial charge in [-0.05, 0) is 31.4 Å². The molecule has 0 aliphatic carbocycles. The van der Waals surface area contributed by atoms with Gasteiger partial charge in [0, 0.05) is 37.6 Å². The van der Waals surface area contributed by atoms with Crippen molar-refractivity contribution in [3.8, 4) is 0 Å². The minimum atomic E-state index is -0.179. The normalized spacial score (nSPS) is 18.0. The summed E-state index contributed by atoms with van der Waals surface area (Å²) in [6.45, 7) is 1.70. The number of aromatic amines is 1. The molecule has 8 nitrogen and oxygen atoms in total. The highest BCUT2D eigenvalue weighted by atomic mass is 16.1. The lowest BCUT2D eigenvalue weighted by Crippen LogP contribution is -2.44. The SMILES string of the molecule is O=c1ccc(N2CCCCC2CNc2nccn3nccc23)n[nH]1. The van der Waals surface area contributed by atoms with E-state index in [1.165, 1.54) is 12.5 Å². The molecule has 1 saturated heterocycles. The number of aromatic nitrogens is 5. The van der Waals surface area contributed by atoms with Crippen molar-refractivity contribution >= 4 is 17.2 Å². The fourth-order valence-electron chi connectivity index (χ4n) is 3.22. The predicted molar refractivity (Wildman–Crippen MR) is 91.3 cm³/mol. The number of H-pyrrole nitrogens is 1. The van der Waals surface area contributed by atoms with Crippen molar-refractivity contribution in [1.29, 1.82) is 0 Å². The van der Waals surface area contributed by atoms with Crippen LogP contribution >= 0.6 is 0 Å². The van der Waals surface area contributed by atoms with Crippen LogP contribution in [0.1, 0.15) is 19.3 Å². The predicted octanol–water partition coefficient (Wildman–Crippen LogP) is 1.28. The smallest absolute Gasteiger partial charge is 0.264 e. The second-order valence-electron chi connectivity index (χ2n) is 5.94. The van der Waals surface area contributed by atoms with Gasteiger partial charge >= 0.3 is 0 Å². The van der Waals surface area contributed by atoms with Gasteiger partial charge in [0.1, 0.15) is 11.3 Å². The zero-order valence-electron chi connectivity index (χ0n) is 13.2. The average molecular weight is 325 g/mol. The van der Waals surface area contributed by atoms with Gasteiger partial charge in [0.25, 0.3) is 5.56 Å². The van der Waals surface area contributed by atoms with E-state index in [4.69, 9.17) is 0 Å². The van der Waals surface area contributed by atoms with Gasteiger partial charge in [0.2, 0.25) is 0 Å². The Bertz CT molecular complexity index is 867. The largest absolute Gasteiger partial charge is 0.366 e. The topological polar surface area (TPSA) is 91.2 Å². The molecule has 1 aliphatic heterocycles. The number of fused-ring (bicyclic) bond motifs is 1. The molecule has 0 amide bonds. The zero-order valence-corrected chi connectivity index (χ0v) is 13.2. The van der Waals surface area contributed by atoms with Crippen molar-refractivity contribution in [3.05, 3.63) is 47.1 Å². The van der Waals surface area contributed by atoms with Crippen LogP contribution in [0, 0.1) is 0 Å². The maximum atomic E-state index is 11.2. The zero-order chi connectivity index (χ0) is 16.4. The summed E-state index contributed by atoms with van der Waals surface area (Å²) in [5.74, 6) is 1.64. The number of piperidine rings is 1. The number of anilines is 2. The Labute approximate surface area is 138 Å². The third-order valence-corrected chi connectivity index (χ3v) is 4.42. The summed E-state index contributed by atoms with van der Waals surface area (Å²) in [6, 6.07) is 5.56. The second kappa shape index (κ2) is 6.31. The maximum Gasteiger partial charge on any atom is 0.264 e. The molecule has 0 aromatic carbocycles. The van der Waals surface area contributed by atoms with E-state index in [9.17, 15) is 4.79 Å². The molecule has 4 rings (SSSR count). The van der Waals surface area contributed by atoms with Gasteiger partial charge in [-0.3, -0.25) is 4.79 Å². The molecular formula is C16H19N7O. The van der Waals surface area contributed by atoms with Gasteiger partial charge in [-0.15, -0.1) is 0 Å². The molecule has 1 unspecified atom stereocenters. The molecule has 2 N–H and O–H groups in total. The Morgan fingerprint density at radius 3 is 3.08 bits per heavy atom. The molecule has 8 heteroatoms. The molecule has 3 aromatic rings. The van der Waals surface area contributed by atoms with Crippen LogP contribution in [-0.2, 0) is 0 Å². The highest BCUT2D eigenvalue weighted by molar-refractivity contribution is 5.66. The summed E-state index contributed by atoms with van der Waals surface area (Å²) in [7, 11) is 0. The van der Waals surface area contributed by atoms with E-state index >= 15 is 0 Å². The lowest BCUT2D eigenvalue weighted by Gasteiger charge is -2.36. The van der Waals surface area contributed by atoms with Crippen LogP contribution in [0.25, 0.3) is 5.52 Å². The summed E-state index contributed by atoms with van der Waals surface area (Å²) in [5.41, 5.74) is 0.782. The van der Waals surface area contributed by atoms with Crippen molar-refractivity contribution in [3.63, 3.8) is 0 Å². The van der Waals surface area contributed by atoms with Gasteiger partial charge < -0.3 is 10.2 Å². The molecule has 3 aromatic heterocycles. The quantitative estimate of drug-likeness (QED) is 0.751. The molecule has 24 heavy (non-hydrogen) atoms. The Hall–Kier alpha value is -2.90. The number of nitrogens with one attached hydrogen (secondary N) is 2. The minimum Gasteiger partial charge on any atom is -0.366 e. The van der Waals surface area contributed by atoms with Crippen LogP contribution in [0.5, 0.6) is 0 Å². The molecule has 0 spiro atoms.